The Kier molecular flexibility index (Phi) is 5.04. The molecule has 0 bridgehead atoms. The van der Waals surface area contributed by atoms with E-state index in [9.17, 15) is 18.7 Å². The van der Waals surface area contributed by atoms with Crippen LogP contribution in [0.15, 0.2) is 0 Å². The largest absolute Gasteiger partial charge is 0.384 e. The van der Waals surface area contributed by atoms with Crippen LogP contribution in [0.25, 0.3) is 0 Å². The fraction of sp³-hybridized carbons (Fsp3) is 0.952. The highest BCUT2D eigenvalue weighted by atomic mass is 79.9. The average molecular weight is 433 g/mol. The summed E-state index contributed by atoms with van der Waals surface area (Å²) >= 11 is 3.37. The molecule has 26 heavy (non-hydrogen) atoms. The Balaban J connectivity index is 1.52. The van der Waals surface area contributed by atoms with Crippen LogP contribution in [0, 0.1) is 40.9 Å². The molecule has 4 saturated carbocycles. The van der Waals surface area contributed by atoms with Crippen molar-refractivity contribution in [2.24, 2.45) is 40.9 Å². The zero-order valence-electron chi connectivity index (χ0n) is 15.6. The van der Waals surface area contributed by atoms with Crippen LogP contribution in [0.1, 0.15) is 64.7 Å². The molecule has 0 aromatic carbocycles. The summed E-state index contributed by atoms with van der Waals surface area (Å²) < 4.78 is 26.6. The van der Waals surface area contributed by atoms with Crippen LogP contribution in [-0.4, -0.2) is 28.2 Å². The van der Waals surface area contributed by atoms with E-state index < -0.39 is 12.0 Å². The lowest BCUT2D eigenvalue weighted by atomic mass is 9.49. The minimum atomic E-state index is -2.62. The summed E-state index contributed by atoms with van der Waals surface area (Å²) in [7, 11) is 0. The number of hydrogen-bond acceptors (Lipinski definition) is 2. The van der Waals surface area contributed by atoms with Gasteiger partial charge in [0.05, 0.1) is 5.33 Å². The molecule has 4 fully saturated rings. The number of fused-ring (bicyclic) bond motifs is 5. The lowest BCUT2D eigenvalue weighted by molar-refractivity contribution is -0.160. The van der Waals surface area contributed by atoms with E-state index >= 15 is 0 Å². The van der Waals surface area contributed by atoms with Crippen molar-refractivity contribution in [3.63, 3.8) is 0 Å². The minimum Gasteiger partial charge on any atom is -0.384 e. The maximum absolute atomic E-state index is 13.3. The van der Waals surface area contributed by atoms with Crippen molar-refractivity contribution in [3.05, 3.63) is 0 Å². The van der Waals surface area contributed by atoms with E-state index in [0.29, 0.717) is 34.8 Å². The van der Waals surface area contributed by atoms with Gasteiger partial charge in [-0.05, 0) is 92.8 Å². The molecule has 0 aromatic rings. The Morgan fingerprint density at radius 2 is 1.81 bits per heavy atom. The first-order valence-corrected chi connectivity index (χ1v) is 11.5. The number of carbonyl (C=O) groups excluding carboxylic acids is 1. The third-order valence-electron chi connectivity index (χ3n) is 8.97. The molecule has 0 heterocycles. The number of carbonyl (C=O) groups is 1. The van der Waals surface area contributed by atoms with Gasteiger partial charge in [0, 0.05) is 5.92 Å². The number of hydrogen-bond donors (Lipinski definition) is 1. The van der Waals surface area contributed by atoms with Gasteiger partial charge in [-0.3, -0.25) is 4.79 Å². The predicted octanol–water partition coefficient (Wildman–Crippen LogP) is 5.22. The predicted molar refractivity (Wildman–Crippen MR) is 100 cm³/mol. The Labute approximate surface area is 163 Å². The molecule has 4 rings (SSSR count). The van der Waals surface area contributed by atoms with Gasteiger partial charge in [0.15, 0.2) is 0 Å². The molecule has 0 aliphatic heterocycles. The van der Waals surface area contributed by atoms with Gasteiger partial charge in [0.25, 0.3) is 6.43 Å². The van der Waals surface area contributed by atoms with Crippen molar-refractivity contribution >= 4 is 21.7 Å². The van der Waals surface area contributed by atoms with Crippen LogP contribution in [0.4, 0.5) is 8.78 Å². The molecule has 148 valence electrons. The molecule has 0 aromatic heterocycles. The van der Waals surface area contributed by atoms with Crippen LogP contribution in [0.5, 0.6) is 0 Å². The number of alkyl halides is 3. The quantitative estimate of drug-likeness (QED) is 0.620. The van der Waals surface area contributed by atoms with Gasteiger partial charge >= 0.3 is 0 Å². The van der Waals surface area contributed by atoms with Gasteiger partial charge in [0.2, 0.25) is 0 Å². The molecular formula is C21H31BrF2O2. The fourth-order valence-electron chi connectivity index (χ4n) is 7.73. The van der Waals surface area contributed by atoms with E-state index in [1.165, 1.54) is 0 Å². The molecule has 0 amide bonds. The topological polar surface area (TPSA) is 37.3 Å². The molecule has 0 saturated heterocycles. The van der Waals surface area contributed by atoms with Crippen LogP contribution < -0.4 is 0 Å². The summed E-state index contributed by atoms with van der Waals surface area (Å²) in [6, 6.07) is 0. The molecule has 4 aliphatic rings. The van der Waals surface area contributed by atoms with Crippen molar-refractivity contribution in [2.45, 2.75) is 76.7 Å². The monoisotopic (exact) mass is 432 g/mol. The smallest absolute Gasteiger partial charge is 0.266 e. The Hall–Kier alpha value is -0.0300. The van der Waals surface area contributed by atoms with Crippen LogP contribution in [0.2, 0.25) is 0 Å². The van der Waals surface area contributed by atoms with Crippen LogP contribution in [0.3, 0.4) is 0 Å². The summed E-state index contributed by atoms with van der Waals surface area (Å²) in [5, 5.41) is 10.8. The van der Waals surface area contributed by atoms with Crippen molar-refractivity contribution in [3.8, 4) is 0 Å². The normalized spacial score (nSPS) is 50.8. The number of Topliss-reactive ketones (excluding diaryl/α,β-unsaturated/α-hetero) is 1. The number of ketones is 1. The Morgan fingerprint density at radius 1 is 1.08 bits per heavy atom. The first-order chi connectivity index (χ1) is 12.3. The zero-order chi connectivity index (χ0) is 18.7. The second-order valence-electron chi connectivity index (χ2n) is 9.86. The SMILES string of the molecule is C[C@]12CC[C@H]3[C@@H](CC[C@@H]4C[C@](O)(C(F)F)CC[C@@H]43)[C@@H]1CC[C@@H]2C(=O)CBr. The second kappa shape index (κ2) is 6.79. The van der Waals surface area contributed by atoms with Crippen LogP contribution >= 0.6 is 15.9 Å². The highest BCUT2D eigenvalue weighted by Crippen LogP contribution is 2.64. The minimum absolute atomic E-state index is 0.136. The molecule has 2 nitrogen and oxygen atoms in total. The zero-order valence-corrected chi connectivity index (χ0v) is 17.2. The molecule has 0 spiro atoms. The van der Waals surface area contributed by atoms with E-state index in [1.807, 2.05) is 0 Å². The number of aliphatic hydroxyl groups is 1. The molecule has 8 atom stereocenters. The van der Waals surface area contributed by atoms with E-state index in [4.69, 9.17) is 0 Å². The average Bonchev–Trinajstić information content (AvgIpc) is 2.97. The number of halogens is 3. The summed E-state index contributed by atoms with van der Waals surface area (Å²) in [4.78, 5) is 12.5. The molecular weight excluding hydrogens is 402 g/mol. The summed E-state index contributed by atoms with van der Waals surface area (Å²) in [6.07, 6.45) is 5.15. The molecule has 0 radical (unpaired) electrons. The van der Waals surface area contributed by atoms with Gasteiger partial charge in [0.1, 0.15) is 11.4 Å². The molecule has 5 heteroatoms. The van der Waals surface area contributed by atoms with E-state index in [-0.39, 0.29) is 30.1 Å². The number of rotatable bonds is 3. The van der Waals surface area contributed by atoms with Gasteiger partial charge < -0.3 is 5.11 Å². The molecule has 0 unspecified atom stereocenters. The third kappa shape index (κ3) is 2.82. The van der Waals surface area contributed by atoms with Crippen molar-refractivity contribution in [1.29, 1.82) is 0 Å². The highest BCUT2D eigenvalue weighted by Gasteiger charge is 2.59. The Morgan fingerprint density at radius 3 is 2.50 bits per heavy atom. The van der Waals surface area contributed by atoms with E-state index in [1.54, 1.807) is 0 Å². The Bertz CT molecular complexity index is 570. The van der Waals surface area contributed by atoms with Crippen LogP contribution in [-0.2, 0) is 4.79 Å². The highest BCUT2D eigenvalue weighted by molar-refractivity contribution is 9.09. The summed E-state index contributed by atoms with van der Waals surface area (Å²) in [5.74, 6) is 3.21. The third-order valence-corrected chi connectivity index (χ3v) is 9.52. The molecule has 4 aliphatic carbocycles. The lowest BCUT2D eigenvalue weighted by Gasteiger charge is -2.57. The van der Waals surface area contributed by atoms with Crippen molar-refractivity contribution in [2.75, 3.05) is 5.33 Å². The fourth-order valence-corrected chi connectivity index (χ4v) is 8.12. The van der Waals surface area contributed by atoms with Gasteiger partial charge in [-0.15, -0.1) is 0 Å². The summed E-state index contributed by atoms with van der Waals surface area (Å²) in [6.45, 7) is 2.34. The van der Waals surface area contributed by atoms with Gasteiger partial charge in [-0.2, -0.15) is 0 Å². The van der Waals surface area contributed by atoms with Gasteiger partial charge in [-0.25, -0.2) is 8.78 Å². The maximum Gasteiger partial charge on any atom is 0.266 e. The van der Waals surface area contributed by atoms with Crippen molar-refractivity contribution < 1.29 is 18.7 Å². The first kappa shape index (κ1) is 19.3. The maximum atomic E-state index is 13.3. The summed E-state index contributed by atoms with van der Waals surface area (Å²) in [5.41, 5.74) is -1.62. The first-order valence-electron chi connectivity index (χ1n) is 10.4. The lowest BCUT2D eigenvalue weighted by Crippen LogP contribution is -2.53. The van der Waals surface area contributed by atoms with E-state index in [2.05, 4.69) is 22.9 Å². The van der Waals surface area contributed by atoms with Gasteiger partial charge in [-0.1, -0.05) is 22.9 Å². The second-order valence-corrected chi connectivity index (χ2v) is 10.4. The standard InChI is InChI=1S/C21H31BrF2O2/c1-20-8-6-14-13-7-9-21(26,19(23)24)10-12(13)2-3-15(14)16(20)4-5-17(20)18(25)11-22/h12-17,19,26H,2-11H2,1H3/t12-,13+,14-,15-,16+,17-,20+,21+/m1/s1. The van der Waals surface area contributed by atoms with Crippen molar-refractivity contribution in [1.82, 2.24) is 0 Å². The molecule has 1 N–H and O–H groups in total. The van der Waals surface area contributed by atoms with E-state index in [0.717, 1.165) is 44.9 Å².